The van der Waals surface area contributed by atoms with Crippen LogP contribution in [0.5, 0.6) is 0 Å². The lowest BCUT2D eigenvalue weighted by molar-refractivity contribution is -0.116. The highest BCUT2D eigenvalue weighted by Crippen LogP contribution is 2.22. The van der Waals surface area contributed by atoms with E-state index in [4.69, 9.17) is 4.42 Å². The molecule has 2 aromatic heterocycles. The zero-order valence-corrected chi connectivity index (χ0v) is 12.0. The minimum atomic E-state index is -0.431. The van der Waals surface area contributed by atoms with Crippen LogP contribution in [-0.4, -0.2) is 17.6 Å². The molecule has 2 heterocycles. The average molecular weight is 291 g/mol. The van der Waals surface area contributed by atoms with Gasteiger partial charge < -0.3 is 14.8 Å². The van der Waals surface area contributed by atoms with Crippen LogP contribution in [0.1, 0.15) is 28.5 Å². The fraction of sp³-hybridized carbons (Fsp3) is 0.267. The van der Waals surface area contributed by atoms with Crippen molar-refractivity contribution in [3.8, 4) is 0 Å². The van der Waals surface area contributed by atoms with Crippen molar-refractivity contribution in [2.24, 2.45) is 0 Å². The molecule has 20 heavy (non-hydrogen) atoms. The second-order valence-electron chi connectivity index (χ2n) is 4.37. The van der Waals surface area contributed by atoms with Crippen molar-refractivity contribution in [2.45, 2.75) is 19.4 Å². The Labute approximate surface area is 121 Å². The summed E-state index contributed by atoms with van der Waals surface area (Å²) in [5.41, 5.74) is 0. The Kier molecular flexibility index (Phi) is 5.15. The van der Waals surface area contributed by atoms with E-state index in [0.717, 1.165) is 16.2 Å². The zero-order chi connectivity index (χ0) is 14.4. The second-order valence-corrected chi connectivity index (χ2v) is 5.57. The van der Waals surface area contributed by atoms with Gasteiger partial charge in [-0.2, -0.15) is 0 Å². The van der Waals surface area contributed by atoms with E-state index in [1.165, 1.54) is 6.08 Å². The molecule has 0 aliphatic heterocycles. The van der Waals surface area contributed by atoms with Gasteiger partial charge in [-0.25, -0.2) is 0 Å². The van der Waals surface area contributed by atoms with Gasteiger partial charge in [0, 0.05) is 22.4 Å². The average Bonchev–Trinajstić information content (AvgIpc) is 3.07. The minimum Gasteiger partial charge on any atom is -0.465 e. The molecule has 0 saturated carbocycles. The summed E-state index contributed by atoms with van der Waals surface area (Å²) in [4.78, 5) is 13.7. The fourth-order valence-corrected chi connectivity index (χ4v) is 2.61. The van der Waals surface area contributed by atoms with Crippen molar-refractivity contribution in [1.29, 1.82) is 0 Å². The van der Waals surface area contributed by atoms with Gasteiger partial charge in [0.05, 0.1) is 12.4 Å². The molecule has 5 heteroatoms. The number of furan rings is 1. The second kappa shape index (κ2) is 7.07. The Hall–Kier alpha value is -1.85. The molecule has 0 unspecified atom stereocenters. The zero-order valence-electron chi connectivity index (χ0n) is 11.2. The number of thiophene rings is 1. The molecule has 0 fully saturated rings. The fourth-order valence-electron chi connectivity index (χ4n) is 1.67. The normalized spacial score (nSPS) is 12.7. The maximum Gasteiger partial charge on any atom is 0.244 e. The number of hydrogen-bond acceptors (Lipinski definition) is 4. The molecule has 0 radical (unpaired) electrons. The molecule has 0 bridgehead atoms. The third kappa shape index (κ3) is 4.36. The third-order valence-corrected chi connectivity index (χ3v) is 4.02. The molecule has 1 amide bonds. The highest BCUT2D eigenvalue weighted by atomic mass is 32.1. The number of nitrogens with one attached hydrogen (secondary N) is 1. The first kappa shape index (κ1) is 14.6. The molecule has 0 saturated heterocycles. The van der Waals surface area contributed by atoms with Gasteiger partial charge in [0.1, 0.15) is 5.76 Å². The van der Waals surface area contributed by atoms with E-state index in [2.05, 4.69) is 5.32 Å². The maximum absolute atomic E-state index is 11.6. The first-order chi connectivity index (χ1) is 9.65. The van der Waals surface area contributed by atoms with Gasteiger partial charge in [0.25, 0.3) is 0 Å². The number of aliphatic hydroxyl groups is 1. The molecule has 0 aliphatic rings. The van der Waals surface area contributed by atoms with Gasteiger partial charge in [-0.15, -0.1) is 11.3 Å². The Morgan fingerprint density at radius 1 is 1.50 bits per heavy atom. The Morgan fingerprint density at radius 2 is 2.35 bits per heavy atom. The number of carbonyl (C=O) groups is 1. The molecule has 0 spiro atoms. The summed E-state index contributed by atoms with van der Waals surface area (Å²) in [7, 11) is 0. The van der Waals surface area contributed by atoms with Gasteiger partial charge in [0.15, 0.2) is 0 Å². The molecular formula is C15H17NO3S. The summed E-state index contributed by atoms with van der Waals surface area (Å²) in [5, 5.41) is 12.2. The molecular weight excluding hydrogens is 274 g/mol. The van der Waals surface area contributed by atoms with Crippen LogP contribution in [0.15, 0.2) is 41.0 Å². The summed E-state index contributed by atoms with van der Waals surface area (Å²) in [5.74, 6) is 0.508. The summed E-state index contributed by atoms with van der Waals surface area (Å²) in [6, 6.07) is 7.46. The van der Waals surface area contributed by atoms with Crippen LogP contribution in [0.4, 0.5) is 0 Å². The maximum atomic E-state index is 11.6. The summed E-state index contributed by atoms with van der Waals surface area (Å²) in [6.07, 6.45) is 4.98. The largest absolute Gasteiger partial charge is 0.465 e. The summed E-state index contributed by atoms with van der Waals surface area (Å²) in [6.45, 7) is 2.32. The van der Waals surface area contributed by atoms with Gasteiger partial charge in [-0.05, 0) is 43.7 Å². The molecule has 0 aromatic carbocycles. The SMILES string of the molecule is C[C@H](O)c1ccc(CCNC(=O)/C=C/c2ccco2)s1. The first-order valence-corrected chi connectivity index (χ1v) is 7.23. The van der Waals surface area contributed by atoms with Gasteiger partial charge in [0.2, 0.25) is 5.91 Å². The summed E-state index contributed by atoms with van der Waals surface area (Å²) < 4.78 is 5.09. The van der Waals surface area contributed by atoms with E-state index in [1.807, 2.05) is 12.1 Å². The molecule has 2 N–H and O–H groups in total. The van der Waals surface area contributed by atoms with Crippen LogP contribution in [0.25, 0.3) is 6.08 Å². The van der Waals surface area contributed by atoms with Crippen molar-refractivity contribution in [2.75, 3.05) is 6.54 Å². The van der Waals surface area contributed by atoms with Gasteiger partial charge >= 0.3 is 0 Å². The van der Waals surface area contributed by atoms with Gasteiger partial charge in [-0.3, -0.25) is 4.79 Å². The minimum absolute atomic E-state index is 0.145. The van der Waals surface area contributed by atoms with Gasteiger partial charge in [-0.1, -0.05) is 0 Å². The van der Waals surface area contributed by atoms with Crippen LogP contribution in [0, 0.1) is 0 Å². The van der Waals surface area contributed by atoms with Crippen molar-refractivity contribution in [3.05, 3.63) is 52.1 Å². The monoisotopic (exact) mass is 291 g/mol. The van der Waals surface area contributed by atoms with Crippen LogP contribution < -0.4 is 5.32 Å². The molecule has 2 rings (SSSR count). The quantitative estimate of drug-likeness (QED) is 0.804. The molecule has 106 valence electrons. The standard InChI is InChI=1S/C15H17NO3S/c1-11(17)14-6-5-13(20-14)8-9-16-15(18)7-4-12-3-2-10-19-12/h2-7,10-11,17H,8-9H2,1H3,(H,16,18)/b7-4+/t11-/m0/s1. The van der Waals surface area contributed by atoms with Crippen molar-refractivity contribution in [1.82, 2.24) is 5.32 Å². The lowest BCUT2D eigenvalue weighted by Gasteiger charge is -2.00. The Balaban J connectivity index is 1.73. The van der Waals surface area contributed by atoms with Crippen molar-refractivity contribution >= 4 is 23.3 Å². The van der Waals surface area contributed by atoms with Crippen LogP contribution >= 0.6 is 11.3 Å². The van der Waals surface area contributed by atoms with Crippen molar-refractivity contribution < 1.29 is 14.3 Å². The Bertz CT molecular complexity index is 570. The van der Waals surface area contributed by atoms with Crippen LogP contribution in [-0.2, 0) is 11.2 Å². The molecule has 2 aromatic rings. The summed E-state index contributed by atoms with van der Waals surface area (Å²) >= 11 is 1.57. The molecule has 1 atom stereocenters. The van der Waals surface area contributed by atoms with E-state index >= 15 is 0 Å². The van der Waals surface area contributed by atoms with E-state index < -0.39 is 6.10 Å². The lowest BCUT2D eigenvalue weighted by atomic mass is 10.3. The third-order valence-electron chi connectivity index (χ3n) is 2.71. The number of rotatable bonds is 6. The van der Waals surface area contributed by atoms with E-state index in [1.54, 1.807) is 42.7 Å². The first-order valence-electron chi connectivity index (χ1n) is 6.41. The van der Waals surface area contributed by atoms with E-state index in [-0.39, 0.29) is 5.91 Å². The Morgan fingerprint density at radius 3 is 3.00 bits per heavy atom. The smallest absolute Gasteiger partial charge is 0.244 e. The highest BCUT2D eigenvalue weighted by molar-refractivity contribution is 7.12. The predicted octanol–water partition coefficient (Wildman–Crippen LogP) is 2.77. The number of aliphatic hydroxyl groups excluding tert-OH is 1. The van der Waals surface area contributed by atoms with E-state index in [0.29, 0.717) is 12.3 Å². The lowest BCUT2D eigenvalue weighted by Crippen LogP contribution is -2.23. The predicted molar refractivity (Wildman–Crippen MR) is 79.4 cm³/mol. The van der Waals surface area contributed by atoms with E-state index in [9.17, 15) is 9.90 Å². The molecule has 0 aliphatic carbocycles. The van der Waals surface area contributed by atoms with Crippen LogP contribution in [0.2, 0.25) is 0 Å². The van der Waals surface area contributed by atoms with Crippen molar-refractivity contribution in [3.63, 3.8) is 0 Å². The highest BCUT2D eigenvalue weighted by Gasteiger charge is 2.05. The number of hydrogen-bond donors (Lipinski definition) is 2. The topological polar surface area (TPSA) is 62.5 Å². The van der Waals surface area contributed by atoms with Crippen LogP contribution in [0.3, 0.4) is 0 Å². The number of carbonyl (C=O) groups excluding carboxylic acids is 1. The molecule has 4 nitrogen and oxygen atoms in total. The number of amides is 1.